The standard InChI is InChI=1S/C25H28N4O/c1-26-25(29-16-14-22(18-29)21-7-3-2-4-8-21)28-17-20-10-12-24(13-11-20)30-19-23-9-5-6-15-27-23/h2-13,15,22H,14,16-19H2,1H3,(H,26,28). The number of hydrogen-bond acceptors (Lipinski definition) is 3. The second kappa shape index (κ2) is 9.92. The fourth-order valence-electron chi connectivity index (χ4n) is 3.81. The number of ether oxygens (including phenoxy) is 1. The van der Waals surface area contributed by atoms with Gasteiger partial charge in [0, 0.05) is 38.8 Å². The number of aliphatic imine (C=N–C) groups is 1. The Hall–Kier alpha value is -3.34. The number of pyridine rings is 1. The predicted octanol–water partition coefficient (Wildman–Crippen LogP) is 4.23. The lowest BCUT2D eigenvalue weighted by atomic mass is 9.99. The molecule has 0 amide bonds. The number of hydrogen-bond donors (Lipinski definition) is 1. The van der Waals surface area contributed by atoms with Crippen LogP contribution >= 0.6 is 0 Å². The molecule has 30 heavy (non-hydrogen) atoms. The highest BCUT2D eigenvalue weighted by Crippen LogP contribution is 2.26. The Labute approximate surface area is 178 Å². The van der Waals surface area contributed by atoms with Crippen molar-refractivity contribution in [3.05, 3.63) is 95.8 Å². The number of guanidine groups is 1. The van der Waals surface area contributed by atoms with Crippen LogP contribution in [0.4, 0.5) is 0 Å². The van der Waals surface area contributed by atoms with Gasteiger partial charge >= 0.3 is 0 Å². The van der Waals surface area contributed by atoms with Crippen LogP contribution < -0.4 is 10.1 Å². The molecule has 1 aliphatic rings. The molecule has 5 heteroatoms. The first-order chi connectivity index (χ1) is 14.8. The lowest BCUT2D eigenvalue weighted by Crippen LogP contribution is -2.39. The first-order valence-electron chi connectivity index (χ1n) is 10.4. The number of aromatic nitrogens is 1. The van der Waals surface area contributed by atoms with E-state index >= 15 is 0 Å². The Kier molecular flexibility index (Phi) is 6.60. The maximum atomic E-state index is 5.81. The maximum absolute atomic E-state index is 5.81. The number of nitrogens with one attached hydrogen (secondary N) is 1. The van der Waals surface area contributed by atoms with Gasteiger partial charge in [0.15, 0.2) is 5.96 Å². The summed E-state index contributed by atoms with van der Waals surface area (Å²) in [5, 5.41) is 3.50. The largest absolute Gasteiger partial charge is 0.487 e. The van der Waals surface area contributed by atoms with Crippen LogP contribution in [0.3, 0.4) is 0 Å². The minimum atomic E-state index is 0.475. The number of likely N-dealkylation sites (tertiary alicyclic amines) is 1. The minimum Gasteiger partial charge on any atom is -0.487 e. The van der Waals surface area contributed by atoms with E-state index in [9.17, 15) is 0 Å². The molecule has 1 unspecified atom stereocenters. The van der Waals surface area contributed by atoms with Gasteiger partial charge in [-0.25, -0.2) is 0 Å². The van der Waals surface area contributed by atoms with Crippen molar-refractivity contribution < 1.29 is 4.74 Å². The third-order valence-corrected chi connectivity index (χ3v) is 5.46. The molecule has 0 bridgehead atoms. The molecule has 2 aromatic carbocycles. The molecule has 0 aliphatic carbocycles. The Bertz CT molecular complexity index is 942. The molecule has 3 aromatic rings. The van der Waals surface area contributed by atoms with Crippen molar-refractivity contribution in [3.63, 3.8) is 0 Å². The van der Waals surface area contributed by atoms with Gasteiger partial charge in [-0.05, 0) is 41.8 Å². The van der Waals surface area contributed by atoms with E-state index in [0.29, 0.717) is 12.5 Å². The van der Waals surface area contributed by atoms with E-state index in [4.69, 9.17) is 4.74 Å². The first-order valence-corrected chi connectivity index (χ1v) is 10.4. The Balaban J connectivity index is 1.27. The zero-order valence-electron chi connectivity index (χ0n) is 17.4. The van der Waals surface area contributed by atoms with Crippen LogP contribution in [0.25, 0.3) is 0 Å². The van der Waals surface area contributed by atoms with Gasteiger partial charge < -0.3 is 15.0 Å². The van der Waals surface area contributed by atoms with Gasteiger partial charge in [-0.3, -0.25) is 9.98 Å². The summed E-state index contributed by atoms with van der Waals surface area (Å²) in [6.07, 6.45) is 2.94. The molecule has 1 saturated heterocycles. The van der Waals surface area contributed by atoms with Gasteiger partial charge in [-0.2, -0.15) is 0 Å². The fraction of sp³-hybridized carbons (Fsp3) is 0.280. The molecule has 1 aromatic heterocycles. The molecule has 154 valence electrons. The molecule has 5 nitrogen and oxygen atoms in total. The molecule has 0 radical (unpaired) electrons. The van der Waals surface area contributed by atoms with E-state index < -0.39 is 0 Å². The zero-order valence-corrected chi connectivity index (χ0v) is 17.4. The van der Waals surface area contributed by atoms with E-state index in [0.717, 1.165) is 43.5 Å². The van der Waals surface area contributed by atoms with E-state index in [2.05, 4.69) is 62.7 Å². The van der Waals surface area contributed by atoms with Gasteiger partial charge in [0.05, 0.1) is 5.69 Å². The average molecular weight is 401 g/mol. The number of benzene rings is 2. The molecule has 1 atom stereocenters. The van der Waals surface area contributed by atoms with Crippen LogP contribution in [0.1, 0.15) is 29.2 Å². The molecule has 1 fully saturated rings. The highest BCUT2D eigenvalue weighted by molar-refractivity contribution is 5.80. The SMILES string of the molecule is CN=C(NCc1ccc(OCc2ccccn2)cc1)N1CCC(c2ccccc2)C1. The van der Waals surface area contributed by atoms with Gasteiger partial charge in [-0.1, -0.05) is 48.5 Å². The Morgan fingerprint density at radius 2 is 1.87 bits per heavy atom. The van der Waals surface area contributed by atoms with Crippen molar-refractivity contribution in [1.29, 1.82) is 0 Å². The van der Waals surface area contributed by atoms with Crippen molar-refractivity contribution in [2.24, 2.45) is 4.99 Å². The van der Waals surface area contributed by atoms with Crippen molar-refractivity contribution >= 4 is 5.96 Å². The fourth-order valence-corrected chi connectivity index (χ4v) is 3.81. The molecule has 0 saturated carbocycles. The van der Waals surface area contributed by atoms with Crippen LogP contribution in [0.5, 0.6) is 5.75 Å². The lowest BCUT2D eigenvalue weighted by molar-refractivity contribution is 0.301. The van der Waals surface area contributed by atoms with E-state index in [1.54, 1.807) is 6.20 Å². The molecule has 0 spiro atoms. The second-order valence-corrected chi connectivity index (χ2v) is 7.50. The summed E-state index contributed by atoms with van der Waals surface area (Å²) in [6.45, 7) is 3.24. The zero-order chi connectivity index (χ0) is 20.6. The summed E-state index contributed by atoms with van der Waals surface area (Å²) in [4.78, 5) is 11.1. The van der Waals surface area contributed by atoms with Crippen LogP contribution in [0, 0.1) is 0 Å². The van der Waals surface area contributed by atoms with Crippen LogP contribution in [-0.2, 0) is 13.2 Å². The first kappa shape index (κ1) is 20.0. The third kappa shape index (κ3) is 5.17. The van der Waals surface area contributed by atoms with Crippen LogP contribution in [0.2, 0.25) is 0 Å². The molecule has 2 heterocycles. The van der Waals surface area contributed by atoms with Gasteiger partial charge in [0.25, 0.3) is 0 Å². The monoisotopic (exact) mass is 400 g/mol. The van der Waals surface area contributed by atoms with E-state index in [1.807, 2.05) is 37.4 Å². The van der Waals surface area contributed by atoms with Gasteiger partial charge in [0.2, 0.25) is 0 Å². The predicted molar refractivity (Wildman–Crippen MR) is 121 cm³/mol. The summed E-state index contributed by atoms with van der Waals surface area (Å²) in [5.41, 5.74) is 3.53. The van der Waals surface area contributed by atoms with Crippen molar-refractivity contribution in [2.75, 3.05) is 20.1 Å². The van der Waals surface area contributed by atoms with Gasteiger partial charge in [0.1, 0.15) is 12.4 Å². The minimum absolute atomic E-state index is 0.475. The molecule has 4 rings (SSSR count). The highest BCUT2D eigenvalue weighted by Gasteiger charge is 2.25. The third-order valence-electron chi connectivity index (χ3n) is 5.46. The molecular formula is C25H28N4O. The Morgan fingerprint density at radius 3 is 2.60 bits per heavy atom. The summed E-state index contributed by atoms with van der Waals surface area (Å²) >= 11 is 0. The van der Waals surface area contributed by atoms with Crippen molar-refractivity contribution in [3.8, 4) is 5.75 Å². The Morgan fingerprint density at radius 1 is 1.07 bits per heavy atom. The smallest absolute Gasteiger partial charge is 0.193 e. The summed E-state index contributed by atoms with van der Waals surface area (Å²) in [6, 6.07) is 24.8. The van der Waals surface area contributed by atoms with Gasteiger partial charge in [-0.15, -0.1) is 0 Å². The highest BCUT2D eigenvalue weighted by atomic mass is 16.5. The van der Waals surface area contributed by atoms with Crippen molar-refractivity contribution in [2.45, 2.75) is 25.5 Å². The number of nitrogens with zero attached hydrogens (tertiary/aromatic N) is 3. The van der Waals surface area contributed by atoms with E-state index in [1.165, 1.54) is 11.1 Å². The molecular weight excluding hydrogens is 372 g/mol. The summed E-state index contributed by atoms with van der Waals surface area (Å²) in [7, 11) is 1.85. The lowest BCUT2D eigenvalue weighted by Gasteiger charge is -2.22. The maximum Gasteiger partial charge on any atom is 0.193 e. The van der Waals surface area contributed by atoms with Crippen molar-refractivity contribution in [1.82, 2.24) is 15.2 Å². The second-order valence-electron chi connectivity index (χ2n) is 7.50. The van der Waals surface area contributed by atoms with Crippen LogP contribution in [-0.4, -0.2) is 36.0 Å². The number of rotatable bonds is 6. The topological polar surface area (TPSA) is 49.8 Å². The normalized spacial score (nSPS) is 16.5. The molecule has 1 aliphatic heterocycles. The summed E-state index contributed by atoms with van der Waals surface area (Å²) in [5.74, 6) is 2.38. The quantitative estimate of drug-likeness (QED) is 0.497. The van der Waals surface area contributed by atoms with E-state index in [-0.39, 0.29) is 0 Å². The average Bonchev–Trinajstić information content (AvgIpc) is 3.30. The molecule has 1 N–H and O–H groups in total. The van der Waals surface area contributed by atoms with Crippen LogP contribution in [0.15, 0.2) is 84.0 Å². The summed E-state index contributed by atoms with van der Waals surface area (Å²) < 4.78 is 5.81.